The van der Waals surface area contributed by atoms with Gasteiger partial charge in [-0.25, -0.2) is 9.59 Å². The molecule has 3 aromatic rings. The quantitative estimate of drug-likeness (QED) is 0.259. The van der Waals surface area contributed by atoms with Gasteiger partial charge in [-0.05, 0) is 61.9 Å². The van der Waals surface area contributed by atoms with Crippen LogP contribution in [0.4, 0.5) is 0 Å². The number of carboxylic acid groups (broad SMARTS) is 2. The number of para-hydroxylation sites is 1. The molecule has 0 aliphatic carbocycles. The number of methoxy groups -OCH3 is 2. The number of carbonyl (C=O) groups is 2. The molecule has 0 bridgehead atoms. The highest BCUT2D eigenvalue weighted by Gasteiger charge is 2.08. The van der Waals surface area contributed by atoms with E-state index in [0.29, 0.717) is 6.61 Å². The third-order valence-corrected chi connectivity index (χ3v) is 6.15. The molecule has 0 radical (unpaired) electrons. The van der Waals surface area contributed by atoms with Gasteiger partial charge in [-0.1, -0.05) is 30.0 Å². The summed E-state index contributed by atoms with van der Waals surface area (Å²) in [5.41, 5.74) is 1.24. The summed E-state index contributed by atoms with van der Waals surface area (Å²) in [6.07, 6.45) is 5.55. The van der Waals surface area contributed by atoms with Gasteiger partial charge < -0.3 is 29.3 Å². The lowest BCUT2D eigenvalue weighted by molar-refractivity contribution is -0.159. The highest BCUT2D eigenvalue weighted by atomic mass is 32.2. The summed E-state index contributed by atoms with van der Waals surface area (Å²) in [4.78, 5) is 26.9. The first kappa shape index (κ1) is 29.5. The van der Waals surface area contributed by atoms with E-state index < -0.39 is 11.9 Å². The van der Waals surface area contributed by atoms with Crippen LogP contribution in [0.1, 0.15) is 12.0 Å². The second-order valence-electron chi connectivity index (χ2n) is 7.79. The van der Waals surface area contributed by atoms with Crippen molar-refractivity contribution in [3.63, 3.8) is 0 Å². The Morgan fingerprint density at radius 2 is 1.57 bits per heavy atom. The normalized spacial score (nSPS) is 10.3. The van der Waals surface area contributed by atoms with E-state index in [-0.39, 0.29) is 0 Å². The van der Waals surface area contributed by atoms with Gasteiger partial charge in [-0.3, -0.25) is 4.98 Å². The topological polar surface area (TPSA) is 118 Å². The average Bonchev–Trinajstić information content (AvgIpc) is 2.91. The first-order valence-electron chi connectivity index (χ1n) is 11.5. The fraction of sp³-hybridized carbons (Fsp3) is 0.296. The molecule has 0 saturated carbocycles. The van der Waals surface area contributed by atoms with Crippen LogP contribution < -0.4 is 14.2 Å². The number of benzene rings is 2. The molecule has 0 amide bonds. The Bertz CT molecular complexity index is 1120. The number of hydrogen-bond donors (Lipinski definition) is 2. The number of carboxylic acids is 2. The van der Waals surface area contributed by atoms with Gasteiger partial charge in [0.1, 0.15) is 5.75 Å². The van der Waals surface area contributed by atoms with Crippen molar-refractivity contribution < 1.29 is 34.0 Å². The maximum atomic E-state index is 9.10. The molecule has 9 nitrogen and oxygen atoms in total. The Kier molecular flexibility index (Phi) is 12.8. The molecule has 10 heteroatoms. The second-order valence-corrected chi connectivity index (χ2v) is 8.90. The minimum atomic E-state index is -1.82. The van der Waals surface area contributed by atoms with E-state index in [0.717, 1.165) is 53.0 Å². The maximum absolute atomic E-state index is 9.10. The largest absolute Gasteiger partial charge is 0.493 e. The molecule has 0 spiro atoms. The number of rotatable bonds is 12. The lowest BCUT2D eigenvalue weighted by atomic mass is 10.1. The van der Waals surface area contributed by atoms with Gasteiger partial charge >= 0.3 is 11.9 Å². The molecule has 3 rings (SSSR count). The lowest BCUT2D eigenvalue weighted by Gasteiger charge is -2.18. The van der Waals surface area contributed by atoms with Crippen LogP contribution in [0.3, 0.4) is 0 Å². The summed E-state index contributed by atoms with van der Waals surface area (Å²) in [5, 5.41) is 14.8. The van der Waals surface area contributed by atoms with E-state index in [9.17, 15) is 0 Å². The summed E-state index contributed by atoms with van der Waals surface area (Å²) in [6, 6.07) is 18.3. The molecule has 2 N–H and O–H groups in total. The van der Waals surface area contributed by atoms with Crippen molar-refractivity contribution in [2.45, 2.75) is 22.6 Å². The number of ether oxygens (including phenoxy) is 3. The molecule has 1 aromatic heterocycles. The standard InChI is InChI=1S/C25H30N2O3S.C2H2O4/c1-27(17-13-20-9-10-22(28-2)24(19-20)29-3)16-6-18-30-23-7-4-5-8-25(23)31-21-11-14-26-15-12-21;3-1(4)2(5)6/h4-5,7-12,14-15,19H,6,13,16-18H2,1-3H3;(H,3,4)(H,5,6). The maximum Gasteiger partial charge on any atom is 0.414 e. The Morgan fingerprint density at radius 1 is 0.892 bits per heavy atom. The number of aliphatic carboxylic acids is 2. The van der Waals surface area contributed by atoms with Crippen molar-refractivity contribution in [1.29, 1.82) is 0 Å². The first-order chi connectivity index (χ1) is 17.8. The molecule has 37 heavy (non-hydrogen) atoms. The monoisotopic (exact) mass is 528 g/mol. The minimum absolute atomic E-state index is 0.689. The van der Waals surface area contributed by atoms with Gasteiger partial charge in [0.2, 0.25) is 0 Å². The van der Waals surface area contributed by atoms with Crippen molar-refractivity contribution >= 4 is 23.7 Å². The zero-order valence-electron chi connectivity index (χ0n) is 21.1. The molecular weight excluding hydrogens is 496 g/mol. The van der Waals surface area contributed by atoms with Crippen LogP contribution in [0.2, 0.25) is 0 Å². The van der Waals surface area contributed by atoms with Crippen molar-refractivity contribution in [3.8, 4) is 17.2 Å². The Labute approximate surface area is 221 Å². The summed E-state index contributed by atoms with van der Waals surface area (Å²) in [6.45, 7) is 2.64. The molecule has 1 heterocycles. The van der Waals surface area contributed by atoms with E-state index in [1.807, 2.05) is 54.9 Å². The Morgan fingerprint density at radius 3 is 2.22 bits per heavy atom. The fourth-order valence-electron chi connectivity index (χ4n) is 3.17. The average molecular weight is 529 g/mol. The Balaban J connectivity index is 0.000000717. The highest BCUT2D eigenvalue weighted by Crippen LogP contribution is 2.34. The van der Waals surface area contributed by atoms with Crippen LogP contribution in [0.25, 0.3) is 0 Å². The number of nitrogens with zero attached hydrogens (tertiary/aromatic N) is 2. The van der Waals surface area contributed by atoms with Gasteiger partial charge in [0.05, 0.1) is 25.7 Å². The molecule has 0 atom stereocenters. The summed E-state index contributed by atoms with van der Waals surface area (Å²) in [5.74, 6) is -1.18. The van der Waals surface area contributed by atoms with Gasteiger partial charge in [0.25, 0.3) is 0 Å². The fourth-order valence-corrected chi connectivity index (χ4v) is 4.06. The molecular formula is C27H32N2O7S. The van der Waals surface area contributed by atoms with Gasteiger partial charge in [-0.2, -0.15) is 0 Å². The van der Waals surface area contributed by atoms with Crippen LogP contribution in [0.5, 0.6) is 17.2 Å². The second kappa shape index (κ2) is 16.1. The van der Waals surface area contributed by atoms with E-state index in [1.165, 1.54) is 5.56 Å². The van der Waals surface area contributed by atoms with Gasteiger partial charge in [0, 0.05) is 30.4 Å². The predicted molar refractivity (Wildman–Crippen MR) is 141 cm³/mol. The van der Waals surface area contributed by atoms with Crippen LogP contribution in [-0.4, -0.2) is 73.0 Å². The molecule has 2 aromatic carbocycles. The number of hydrogen-bond acceptors (Lipinski definition) is 8. The molecule has 0 fully saturated rings. The van der Waals surface area contributed by atoms with E-state index in [2.05, 4.69) is 29.1 Å². The first-order valence-corrected chi connectivity index (χ1v) is 12.3. The van der Waals surface area contributed by atoms with E-state index in [1.54, 1.807) is 26.0 Å². The van der Waals surface area contributed by atoms with Crippen LogP contribution in [0.15, 0.2) is 76.8 Å². The molecule has 0 aliphatic rings. The third kappa shape index (κ3) is 10.8. The van der Waals surface area contributed by atoms with Gasteiger partial charge in [-0.15, -0.1) is 0 Å². The highest BCUT2D eigenvalue weighted by molar-refractivity contribution is 7.99. The lowest BCUT2D eigenvalue weighted by Crippen LogP contribution is -2.23. The summed E-state index contributed by atoms with van der Waals surface area (Å²) < 4.78 is 16.8. The van der Waals surface area contributed by atoms with Crippen LogP contribution in [-0.2, 0) is 16.0 Å². The number of likely N-dealkylation sites (N-methyl/N-ethyl adjacent to an activating group) is 1. The predicted octanol–water partition coefficient (Wildman–Crippen LogP) is 4.35. The SMILES string of the molecule is COc1ccc(CCN(C)CCCOc2ccccc2Sc2ccncc2)cc1OC.O=C(O)C(=O)O. The van der Waals surface area contributed by atoms with E-state index >= 15 is 0 Å². The van der Waals surface area contributed by atoms with Crippen molar-refractivity contribution in [1.82, 2.24) is 9.88 Å². The molecule has 0 saturated heterocycles. The van der Waals surface area contributed by atoms with Gasteiger partial charge in [0.15, 0.2) is 11.5 Å². The summed E-state index contributed by atoms with van der Waals surface area (Å²) >= 11 is 1.70. The molecule has 0 aliphatic heterocycles. The minimum Gasteiger partial charge on any atom is -0.493 e. The number of aromatic nitrogens is 1. The zero-order chi connectivity index (χ0) is 27.0. The molecule has 198 valence electrons. The smallest absolute Gasteiger partial charge is 0.414 e. The summed E-state index contributed by atoms with van der Waals surface area (Å²) in [7, 11) is 5.47. The third-order valence-electron chi connectivity index (χ3n) is 5.08. The van der Waals surface area contributed by atoms with Crippen molar-refractivity contribution in [2.75, 3.05) is 41.0 Å². The van der Waals surface area contributed by atoms with Crippen molar-refractivity contribution in [2.24, 2.45) is 0 Å². The van der Waals surface area contributed by atoms with Crippen molar-refractivity contribution in [3.05, 3.63) is 72.6 Å². The Hall–Kier alpha value is -3.76. The van der Waals surface area contributed by atoms with Crippen LogP contribution in [0, 0.1) is 0 Å². The number of pyridine rings is 1. The zero-order valence-corrected chi connectivity index (χ0v) is 21.9. The van der Waals surface area contributed by atoms with E-state index in [4.69, 9.17) is 34.0 Å². The molecule has 0 unspecified atom stereocenters. The van der Waals surface area contributed by atoms with Crippen LogP contribution >= 0.6 is 11.8 Å².